The Labute approximate surface area is 102 Å². The van der Waals surface area contributed by atoms with E-state index in [0.717, 1.165) is 12.6 Å². The molecule has 3 heteroatoms. The summed E-state index contributed by atoms with van der Waals surface area (Å²) in [5.74, 6) is 0. The predicted octanol–water partition coefficient (Wildman–Crippen LogP) is 3.01. The Morgan fingerprint density at radius 2 is 2.38 bits per heavy atom. The molecule has 2 nitrogen and oxygen atoms in total. The molecule has 1 fully saturated rings. The maximum absolute atomic E-state index is 5.97. The van der Waals surface area contributed by atoms with E-state index < -0.39 is 0 Å². The van der Waals surface area contributed by atoms with Crippen molar-refractivity contribution >= 4 is 11.3 Å². The second kappa shape index (κ2) is 5.80. The standard InChI is InChI=1S/C13H22N2S/c1-2-3-7-15(12-4-5-12)13(9-14)11-6-8-16-10-11/h6,8,10,12-13H,2-5,7,9,14H2,1H3. The van der Waals surface area contributed by atoms with Crippen LogP contribution in [0.15, 0.2) is 16.8 Å². The smallest absolute Gasteiger partial charge is 0.0481 e. The molecular formula is C13H22N2S. The Morgan fingerprint density at radius 1 is 1.56 bits per heavy atom. The molecule has 1 atom stereocenters. The Kier molecular flexibility index (Phi) is 4.38. The number of thiophene rings is 1. The van der Waals surface area contributed by atoms with Crippen LogP contribution in [0.4, 0.5) is 0 Å². The molecule has 1 aromatic heterocycles. The van der Waals surface area contributed by atoms with Gasteiger partial charge in [0.25, 0.3) is 0 Å². The first kappa shape index (κ1) is 12.1. The van der Waals surface area contributed by atoms with E-state index in [1.54, 1.807) is 11.3 Å². The number of nitrogens with two attached hydrogens (primary N) is 1. The third kappa shape index (κ3) is 2.84. The number of hydrogen-bond acceptors (Lipinski definition) is 3. The van der Waals surface area contributed by atoms with Gasteiger partial charge >= 0.3 is 0 Å². The van der Waals surface area contributed by atoms with Crippen LogP contribution in [0.2, 0.25) is 0 Å². The summed E-state index contributed by atoms with van der Waals surface area (Å²) >= 11 is 1.77. The molecule has 16 heavy (non-hydrogen) atoms. The Bertz CT molecular complexity index is 293. The minimum atomic E-state index is 0.449. The lowest BCUT2D eigenvalue weighted by Crippen LogP contribution is -2.36. The van der Waals surface area contributed by atoms with Gasteiger partial charge in [-0.15, -0.1) is 0 Å². The van der Waals surface area contributed by atoms with Crippen molar-refractivity contribution in [3.05, 3.63) is 22.4 Å². The summed E-state index contributed by atoms with van der Waals surface area (Å²) in [6, 6.07) is 3.48. The van der Waals surface area contributed by atoms with Gasteiger partial charge in [-0.1, -0.05) is 13.3 Å². The maximum atomic E-state index is 5.97. The first-order chi connectivity index (χ1) is 7.86. The molecule has 0 aromatic carbocycles. The number of rotatable bonds is 7. The molecule has 0 saturated heterocycles. The van der Waals surface area contributed by atoms with Gasteiger partial charge in [0.15, 0.2) is 0 Å². The summed E-state index contributed by atoms with van der Waals surface area (Å²) in [5, 5.41) is 4.40. The van der Waals surface area contributed by atoms with Gasteiger partial charge in [-0.25, -0.2) is 0 Å². The molecular weight excluding hydrogens is 216 g/mol. The van der Waals surface area contributed by atoms with Crippen molar-refractivity contribution in [3.63, 3.8) is 0 Å². The largest absolute Gasteiger partial charge is 0.329 e. The molecule has 1 aliphatic carbocycles. The average molecular weight is 238 g/mol. The van der Waals surface area contributed by atoms with Gasteiger partial charge in [-0.2, -0.15) is 11.3 Å². The minimum Gasteiger partial charge on any atom is -0.329 e. The lowest BCUT2D eigenvalue weighted by molar-refractivity contribution is 0.188. The van der Waals surface area contributed by atoms with E-state index in [0.29, 0.717) is 6.04 Å². The van der Waals surface area contributed by atoms with Crippen LogP contribution in [0, 0.1) is 0 Å². The van der Waals surface area contributed by atoms with Crippen molar-refractivity contribution in [2.45, 2.75) is 44.7 Å². The van der Waals surface area contributed by atoms with Crippen LogP contribution in [-0.4, -0.2) is 24.0 Å². The van der Waals surface area contributed by atoms with Crippen molar-refractivity contribution in [1.82, 2.24) is 4.90 Å². The molecule has 1 heterocycles. The highest BCUT2D eigenvalue weighted by Gasteiger charge is 2.33. The quantitative estimate of drug-likeness (QED) is 0.791. The first-order valence-electron chi connectivity index (χ1n) is 6.34. The fraction of sp³-hybridized carbons (Fsp3) is 0.692. The summed E-state index contributed by atoms with van der Waals surface area (Å²) in [6.45, 7) is 4.21. The second-order valence-electron chi connectivity index (χ2n) is 4.63. The van der Waals surface area contributed by atoms with Crippen molar-refractivity contribution in [3.8, 4) is 0 Å². The van der Waals surface area contributed by atoms with Gasteiger partial charge in [0, 0.05) is 18.6 Å². The topological polar surface area (TPSA) is 29.3 Å². The highest BCUT2D eigenvalue weighted by Crippen LogP contribution is 2.34. The van der Waals surface area contributed by atoms with Gasteiger partial charge in [0.2, 0.25) is 0 Å². The zero-order valence-electron chi connectivity index (χ0n) is 10.1. The van der Waals surface area contributed by atoms with Crippen LogP contribution in [0.3, 0.4) is 0 Å². The third-order valence-corrected chi connectivity index (χ3v) is 4.04. The summed E-state index contributed by atoms with van der Waals surface area (Å²) in [4.78, 5) is 2.63. The van der Waals surface area contributed by atoms with E-state index in [1.807, 2.05) is 0 Å². The van der Waals surface area contributed by atoms with Gasteiger partial charge in [0.1, 0.15) is 0 Å². The summed E-state index contributed by atoms with van der Waals surface area (Å²) in [5.41, 5.74) is 7.38. The molecule has 1 unspecified atom stereocenters. The van der Waals surface area contributed by atoms with Crippen LogP contribution >= 0.6 is 11.3 Å². The summed E-state index contributed by atoms with van der Waals surface area (Å²) in [7, 11) is 0. The van der Waals surface area contributed by atoms with Crippen LogP contribution in [0.25, 0.3) is 0 Å². The highest BCUT2D eigenvalue weighted by molar-refractivity contribution is 7.07. The SMILES string of the molecule is CCCCN(C1CC1)C(CN)c1ccsc1. The summed E-state index contributed by atoms with van der Waals surface area (Å²) in [6.07, 6.45) is 5.29. The zero-order chi connectivity index (χ0) is 11.4. The molecule has 1 saturated carbocycles. The lowest BCUT2D eigenvalue weighted by atomic mass is 10.1. The Morgan fingerprint density at radius 3 is 2.88 bits per heavy atom. The fourth-order valence-electron chi connectivity index (χ4n) is 2.27. The number of hydrogen-bond donors (Lipinski definition) is 1. The van der Waals surface area contributed by atoms with Crippen LogP contribution in [-0.2, 0) is 0 Å². The van der Waals surface area contributed by atoms with E-state index >= 15 is 0 Å². The van der Waals surface area contributed by atoms with Crippen LogP contribution < -0.4 is 5.73 Å². The minimum absolute atomic E-state index is 0.449. The third-order valence-electron chi connectivity index (χ3n) is 3.34. The lowest BCUT2D eigenvalue weighted by Gasteiger charge is -2.30. The van der Waals surface area contributed by atoms with E-state index in [2.05, 4.69) is 28.7 Å². The van der Waals surface area contributed by atoms with Crippen LogP contribution in [0.1, 0.15) is 44.2 Å². The van der Waals surface area contributed by atoms with Crippen molar-refractivity contribution in [2.24, 2.45) is 5.73 Å². The van der Waals surface area contributed by atoms with Gasteiger partial charge in [-0.05, 0) is 48.2 Å². The van der Waals surface area contributed by atoms with E-state index in [9.17, 15) is 0 Å². The summed E-state index contributed by atoms with van der Waals surface area (Å²) < 4.78 is 0. The predicted molar refractivity (Wildman–Crippen MR) is 70.8 cm³/mol. The molecule has 0 bridgehead atoms. The van der Waals surface area contributed by atoms with Gasteiger partial charge < -0.3 is 5.73 Å². The molecule has 0 amide bonds. The Hall–Kier alpha value is -0.380. The monoisotopic (exact) mass is 238 g/mol. The van der Waals surface area contributed by atoms with Crippen LogP contribution in [0.5, 0.6) is 0 Å². The molecule has 0 radical (unpaired) electrons. The Balaban J connectivity index is 2.03. The van der Waals surface area contributed by atoms with E-state index in [-0.39, 0.29) is 0 Å². The molecule has 1 aliphatic rings. The van der Waals surface area contributed by atoms with Gasteiger partial charge in [-0.3, -0.25) is 4.90 Å². The van der Waals surface area contributed by atoms with E-state index in [1.165, 1.54) is 37.8 Å². The average Bonchev–Trinajstić information content (AvgIpc) is 3.00. The normalized spacial score (nSPS) is 17.9. The zero-order valence-corrected chi connectivity index (χ0v) is 10.9. The molecule has 0 spiro atoms. The molecule has 1 aromatic rings. The van der Waals surface area contributed by atoms with Crippen molar-refractivity contribution < 1.29 is 0 Å². The highest BCUT2D eigenvalue weighted by atomic mass is 32.1. The number of nitrogens with zero attached hydrogens (tertiary/aromatic N) is 1. The molecule has 90 valence electrons. The van der Waals surface area contributed by atoms with Gasteiger partial charge in [0.05, 0.1) is 0 Å². The molecule has 0 aliphatic heterocycles. The maximum Gasteiger partial charge on any atom is 0.0481 e. The molecule has 2 N–H and O–H groups in total. The first-order valence-corrected chi connectivity index (χ1v) is 7.29. The second-order valence-corrected chi connectivity index (χ2v) is 5.41. The molecule has 2 rings (SSSR count). The van der Waals surface area contributed by atoms with E-state index in [4.69, 9.17) is 5.73 Å². The van der Waals surface area contributed by atoms with Crippen molar-refractivity contribution in [1.29, 1.82) is 0 Å². The fourth-order valence-corrected chi connectivity index (χ4v) is 2.97. The number of unbranched alkanes of at least 4 members (excludes halogenated alkanes) is 1. The van der Waals surface area contributed by atoms with Crippen molar-refractivity contribution in [2.75, 3.05) is 13.1 Å².